The fourth-order valence-corrected chi connectivity index (χ4v) is 2.64. The van der Waals surface area contributed by atoms with Crippen molar-refractivity contribution in [2.75, 3.05) is 13.6 Å². The van der Waals surface area contributed by atoms with Gasteiger partial charge < -0.3 is 11.1 Å². The Balaban J connectivity index is 2.23. The van der Waals surface area contributed by atoms with Gasteiger partial charge >= 0.3 is 0 Å². The number of benzene rings is 1. The summed E-state index contributed by atoms with van der Waals surface area (Å²) < 4.78 is 26.1. The van der Waals surface area contributed by atoms with E-state index in [9.17, 15) is 8.78 Å². The summed E-state index contributed by atoms with van der Waals surface area (Å²) in [6.45, 7) is 0.813. The van der Waals surface area contributed by atoms with E-state index in [1.165, 1.54) is 6.07 Å². The van der Waals surface area contributed by atoms with Crippen LogP contribution in [0, 0.1) is 17.0 Å². The summed E-state index contributed by atoms with van der Waals surface area (Å²) >= 11 is 0. The molecule has 17 heavy (non-hydrogen) atoms. The van der Waals surface area contributed by atoms with Gasteiger partial charge in [-0.25, -0.2) is 8.78 Å². The summed E-state index contributed by atoms with van der Waals surface area (Å²) in [5, 5.41) is 3.14. The molecular formula is C13H18F2N2. The zero-order valence-corrected chi connectivity index (χ0v) is 9.97. The third-order valence-corrected chi connectivity index (χ3v) is 3.84. The summed E-state index contributed by atoms with van der Waals surface area (Å²) in [5.74, 6) is -1.64. The average Bonchev–Trinajstić information content (AvgIpc) is 2.26. The van der Waals surface area contributed by atoms with E-state index >= 15 is 0 Å². The van der Waals surface area contributed by atoms with Crippen LogP contribution in [0.4, 0.5) is 8.78 Å². The molecule has 0 aromatic heterocycles. The van der Waals surface area contributed by atoms with Gasteiger partial charge in [0.1, 0.15) is 0 Å². The second-order valence-corrected chi connectivity index (χ2v) is 4.90. The molecule has 0 radical (unpaired) electrons. The average molecular weight is 240 g/mol. The third kappa shape index (κ3) is 2.19. The van der Waals surface area contributed by atoms with Gasteiger partial charge in [0.15, 0.2) is 11.6 Å². The Labute approximate surface area is 100 Å². The lowest BCUT2D eigenvalue weighted by molar-refractivity contribution is 0.0945. The second kappa shape index (κ2) is 4.70. The molecule has 0 spiro atoms. The number of nitrogens with one attached hydrogen (secondary N) is 1. The molecule has 0 aliphatic heterocycles. The van der Waals surface area contributed by atoms with Crippen LogP contribution in [-0.4, -0.2) is 13.6 Å². The SMILES string of the molecule is CNCC1(C(N)c2ccc(F)c(F)c2)CCC1. The van der Waals surface area contributed by atoms with Crippen LogP contribution in [0.3, 0.4) is 0 Å². The van der Waals surface area contributed by atoms with Gasteiger partial charge in [0.05, 0.1) is 0 Å². The van der Waals surface area contributed by atoms with Gasteiger partial charge in [-0.1, -0.05) is 12.5 Å². The smallest absolute Gasteiger partial charge is 0.159 e. The molecule has 1 aromatic carbocycles. The van der Waals surface area contributed by atoms with Crippen LogP contribution < -0.4 is 11.1 Å². The Morgan fingerprint density at radius 2 is 2.06 bits per heavy atom. The summed E-state index contributed by atoms with van der Waals surface area (Å²) in [4.78, 5) is 0. The van der Waals surface area contributed by atoms with Crippen molar-refractivity contribution in [2.45, 2.75) is 25.3 Å². The number of hydrogen-bond donors (Lipinski definition) is 2. The molecule has 1 unspecified atom stereocenters. The van der Waals surface area contributed by atoms with E-state index in [0.29, 0.717) is 5.56 Å². The lowest BCUT2D eigenvalue weighted by Crippen LogP contribution is -2.46. The Hall–Kier alpha value is -1.00. The van der Waals surface area contributed by atoms with Gasteiger partial charge in [-0.2, -0.15) is 0 Å². The highest BCUT2D eigenvalue weighted by molar-refractivity contribution is 5.24. The van der Waals surface area contributed by atoms with Crippen molar-refractivity contribution in [3.05, 3.63) is 35.4 Å². The molecule has 1 fully saturated rings. The predicted octanol–water partition coefficient (Wildman–Crippen LogP) is 2.35. The monoisotopic (exact) mass is 240 g/mol. The first-order valence-corrected chi connectivity index (χ1v) is 5.94. The van der Waals surface area contributed by atoms with Crippen molar-refractivity contribution in [2.24, 2.45) is 11.1 Å². The first-order valence-electron chi connectivity index (χ1n) is 5.94. The van der Waals surface area contributed by atoms with Gasteiger partial charge in [-0.15, -0.1) is 0 Å². The van der Waals surface area contributed by atoms with Crippen molar-refractivity contribution in [1.29, 1.82) is 0 Å². The highest BCUT2D eigenvalue weighted by atomic mass is 19.2. The molecule has 0 heterocycles. The molecule has 0 bridgehead atoms. The molecule has 0 saturated heterocycles. The third-order valence-electron chi connectivity index (χ3n) is 3.84. The van der Waals surface area contributed by atoms with E-state index in [2.05, 4.69) is 5.32 Å². The highest BCUT2D eigenvalue weighted by Gasteiger charge is 2.42. The van der Waals surface area contributed by atoms with Gasteiger partial charge in [0.25, 0.3) is 0 Å². The van der Waals surface area contributed by atoms with Crippen LogP contribution >= 0.6 is 0 Å². The summed E-state index contributed by atoms with van der Waals surface area (Å²) in [6.07, 6.45) is 3.22. The van der Waals surface area contributed by atoms with E-state index in [1.807, 2.05) is 7.05 Å². The molecule has 2 nitrogen and oxygen atoms in total. The van der Waals surface area contributed by atoms with E-state index in [4.69, 9.17) is 5.73 Å². The van der Waals surface area contributed by atoms with Crippen LogP contribution in [0.1, 0.15) is 30.9 Å². The number of nitrogens with two attached hydrogens (primary N) is 1. The minimum atomic E-state index is -0.822. The Morgan fingerprint density at radius 1 is 1.35 bits per heavy atom. The van der Waals surface area contributed by atoms with Crippen molar-refractivity contribution in [1.82, 2.24) is 5.32 Å². The molecule has 3 N–H and O–H groups in total. The lowest BCUT2D eigenvalue weighted by atomic mass is 9.62. The van der Waals surface area contributed by atoms with E-state index in [1.54, 1.807) is 6.07 Å². The molecular weight excluding hydrogens is 222 g/mol. The maximum Gasteiger partial charge on any atom is 0.159 e. The largest absolute Gasteiger partial charge is 0.323 e. The molecule has 1 aliphatic rings. The first-order chi connectivity index (χ1) is 8.09. The van der Waals surface area contributed by atoms with Crippen LogP contribution in [0.2, 0.25) is 0 Å². The maximum absolute atomic E-state index is 13.2. The van der Waals surface area contributed by atoms with Crippen molar-refractivity contribution < 1.29 is 8.78 Å². The van der Waals surface area contributed by atoms with E-state index < -0.39 is 11.6 Å². The van der Waals surface area contributed by atoms with Crippen LogP contribution in [0.15, 0.2) is 18.2 Å². The molecule has 4 heteroatoms. The molecule has 2 rings (SSSR count). The molecule has 1 aliphatic carbocycles. The summed E-state index contributed by atoms with van der Waals surface area (Å²) in [7, 11) is 1.89. The predicted molar refractivity (Wildman–Crippen MR) is 63.5 cm³/mol. The normalized spacial score (nSPS) is 19.8. The van der Waals surface area contributed by atoms with Crippen LogP contribution in [0.25, 0.3) is 0 Å². The Morgan fingerprint density at radius 3 is 2.53 bits per heavy atom. The van der Waals surface area contributed by atoms with Gasteiger partial charge in [-0.05, 0) is 37.6 Å². The quantitative estimate of drug-likeness (QED) is 0.847. The maximum atomic E-state index is 13.2. The molecule has 94 valence electrons. The van der Waals surface area contributed by atoms with E-state index in [0.717, 1.165) is 31.9 Å². The first kappa shape index (κ1) is 12.5. The lowest BCUT2D eigenvalue weighted by Gasteiger charge is -2.46. The highest BCUT2D eigenvalue weighted by Crippen LogP contribution is 2.48. The molecule has 1 aromatic rings. The van der Waals surface area contributed by atoms with Gasteiger partial charge in [-0.3, -0.25) is 0 Å². The van der Waals surface area contributed by atoms with Crippen molar-refractivity contribution in [3.63, 3.8) is 0 Å². The van der Waals surface area contributed by atoms with Crippen molar-refractivity contribution in [3.8, 4) is 0 Å². The molecule has 1 atom stereocenters. The molecule has 0 amide bonds. The topological polar surface area (TPSA) is 38.0 Å². The van der Waals surface area contributed by atoms with Crippen LogP contribution in [0.5, 0.6) is 0 Å². The van der Waals surface area contributed by atoms with Crippen molar-refractivity contribution >= 4 is 0 Å². The minimum Gasteiger partial charge on any atom is -0.323 e. The number of halogens is 2. The summed E-state index contributed by atoms with van der Waals surface area (Å²) in [6, 6.07) is 3.71. The zero-order valence-electron chi connectivity index (χ0n) is 9.97. The Kier molecular flexibility index (Phi) is 3.45. The fourth-order valence-electron chi connectivity index (χ4n) is 2.64. The minimum absolute atomic E-state index is 0.000973. The standard InChI is InChI=1S/C13H18F2N2/c1-17-8-13(5-2-6-13)12(16)9-3-4-10(14)11(15)7-9/h3-4,7,12,17H,2,5-6,8,16H2,1H3. The summed E-state index contributed by atoms with van der Waals surface area (Å²) in [5.41, 5.74) is 6.89. The second-order valence-electron chi connectivity index (χ2n) is 4.90. The van der Waals surface area contributed by atoms with Gasteiger partial charge in [0.2, 0.25) is 0 Å². The number of hydrogen-bond acceptors (Lipinski definition) is 2. The van der Waals surface area contributed by atoms with Crippen LogP contribution in [-0.2, 0) is 0 Å². The van der Waals surface area contributed by atoms with Gasteiger partial charge in [0, 0.05) is 18.0 Å². The zero-order chi connectivity index (χ0) is 12.5. The number of rotatable bonds is 4. The fraction of sp³-hybridized carbons (Fsp3) is 0.538. The van der Waals surface area contributed by atoms with E-state index in [-0.39, 0.29) is 11.5 Å². The molecule has 1 saturated carbocycles. The Bertz CT molecular complexity index is 402.